The molecule has 0 spiro atoms. The topological polar surface area (TPSA) is 27.1 Å². The van der Waals surface area contributed by atoms with Crippen LogP contribution >= 0.6 is 0 Å². The van der Waals surface area contributed by atoms with Crippen LogP contribution in [0.3, 0.4) is 0 Å². The van der Waals surface area contributed by atoms with Gasteiger partial charge in [0.2, 0.25) is 0 Å². The molecule has 90 valence electrons. The average molecular weight is 238 g/mol. The molecule has 1 heterocycles. The summed E-state index contributed by atoms with van der Waals surface area (Å²) in [5.41, 5.74) is 2.25. The molecule has 0 saturated heterocycles. The van der Waals surface area contributed by atoms with E-state index in [2.05, 4.69) is 17.2 Å². The first-order chi connectivity index (χ1) is 8.83. The zero-order valence-corrected chi connectivity index (χ0v) is 10.2. The minimum absolute atomic E-state index is 0.587. The van der Waals surface area contributed by atoms with Crippen LogP contribution in [0.4, 0.5) is 0 Å². The molecule has 3 aromatic rings. The van der Waals surface area contributed by atoms with Gasteiger partial charge < -0.3 is 4.74 Å². The molecule has 3 heteroatoms. The first kappa shape index (κ1) is 10.8. The Labute approximate surface area is 106 Å². The third-order valence-corrected chi connectivity index (χ3v) is 2.97. The Kier molecular flexibility index (Phi) is 2.73. The molecule has 0 atom stereocenters. The first-order valence-electron chi connectivity index (χ1n) is 5.91. The largest absolute Gasteiger partial charge is 0.489 e. The summed E-state index contributed by atoms with van der Waals surface area (Å²) in [6, 6.07) is 16.2. The van der Waals surface area contributed by atoms with E-state index in [9.17, 15) is 0 Å². The van der Waals surface area contributed by atoms with Crippen molar-refractivity contribution in [1.82, 2.24) is 9.78 Å². The standard InChI is InChI=1S/C15H14N2O/c1-17-15-9-14(8-7-13(15)10-16-17)18-11-12-5-3-2-4-6-12/h2-10H,11H2,1H3. The fraction of sp³-hybridized carbons (Fsp3) is 0.133. The molecule has 0 radical (unpaired) electrons. The minimum Gasteiger partial charge on any atom is -0.489 e. The summed E-state index contributed by atoms with van der Waals surface area (Å²) in [6.07, 6.45) is 1.86. The van der Waals surface area contributed by atoms with Crippen LogP contribution < -0.4 is 4.74 Å². The van der Waals surface area contributed by atoms with E-state index < -0.39 is 0 Å². The Morgan fingerprint density at radius 2 is 1.94 bits per heavy atom. The number of hydrogen-bond donors (Lipinski definition) is 0. The minimum atomic E-state index is 0.587. The maximum absolute atomic E-state index is 5.78. The SMILES string of the molecule is Cn1ncc2ccc(OCc3ccccc3)cc21. The Hall–Kier alpha value is -2.29. The number of hydrogen-bond acceptors (Lipinski definition) is 2. The van der Waals surface area contributed by atoms with Gasteiger partial charge in [-0.15, -0.1) is 0 Å². The molecular formula is C15H14N2O. The number of benzene rings is 2. The van der Waals surface area contributed by atoms with E-state index in [1.54, 1.807) is 0 Å². The number of ether oxygens (including phenoxy) is 1. The second-order valence-electron chi connectivity index (χ2n) is 4.26. The van der Waals surface area contributed by atoms with Gasteiger partial charge in [0, 0.05) is 18.5 Å². The van der Waals surface area contributed by atoms with E-state index in [0.29, 0.717) is 6.61 Å². The summed E-state index contributed by atoms with van der Waals surface area (Å²) >= 11 is 0. The van der Waals surface area contributed by atoms with Crippen molar-refractivity contribution < 1.29 is 4.74 Å². The van der Waals surface area contributed by atoms with Gasteiger partial charge in [-0.3, -0.25) is 4.68 Å². The van der Waals surface area contributed by atoms with Crippen LogP contribution in [-0.2, 0) is 13.7 Å². The fourth-order valence-electron chi connectivity index (χ4n) is 1.95. The predicted molar refractivity (Wildman–Crippen MR) is 71.5 cm³/mol. The van der Waals surface area contributed by atoms with Crippen molar-refractivity contribution in [3.05, 3.63) is 60.3 Å². The molecule has 1 aromatic heterocycles. The first-order valence-corrected chi connectivity index (χ1v) is 5.91. The van der Waals surface area contributed by atoms with Gasteiger partial charge in [-0.1, -0.05) is 30.3 Å². The van der Waals surface area contributed by atoms with Gasteiger partial charge in [0.25, 0.3) is 0 Å². The van der Waals surface area contributed by atoms with Crippen LogP contribution in [0.5, 0.6) is 5.75 Å². The van der Waals surface area contributed by atoms with Crippen molar-refractivity contribution >= 4 is 10.9 Å². The molecule has 0 unspecified atom stereocenters. The molecule has 3 rings (SSSR count). The van der Waals surface area contributed by atoms with Gasteiger partial charge in [-0.2, -0.15) is 5.10 Å². The zero-order chi connectivity index (χ0) is 12.4. The number of rotatable bonds is 3. The van der Waals surface area contributed by atoms with Crippen molar-refractivity contribution in [1.29, 1.82) is 0 Å². The number of fused-ring (bicyclic) bond motifs is 1. The van der Waals surface area contributed by atoms with Crippen molar-refractivity contribution in [2.24, 2.45) is 7.05 Å². The summed E-state index contributed by atoms with van der Waals surface area (Å²) in [7, 11) is 1.93. The second-order valence-corrected chi connectivity index (χ2v) is 4.26. The monoisotopic (exact) mass is 238 g/mol. The highest BCUT2D eigenvalue weighted by Crippen LogP contribution is 2.20. The molecule has 0 N–H and O–H groups in total. The van der Waals surface area contributed by atoms with Crippen molar-refractivity contribution in [3.8, 4) is 5.75 Å². The second kappa shape index (κ2) is 4.53. The van der Waals surface area contributed by atoms with E-state index >= 15 is 0 Å². The third kappa shape index (κ3) is 2.07. The van der Waals surface area contributed by atoms with Crippen LogP contribution in [0.25, 0.3) is 10.9 Å². The smallest absolute Gasteiger partial charge is 0.121 e. The molecule has 0 amide bonds. The summed E-state index contributed by atoms with van der Waals surface area (Å²) in [4.78, 5) is 0. The van der Waals surface area contributed by atoms with Crippen LogP contribution in [0.1, 0.15) is 5.56 Å². The Morgan fingerprint density at radius 3 is 2.78 bits per heavy atom. The average Bonchev–Trinajstić information content (AvgIpc) is 2.79. The van der Waals surface area contributed by atoms with Crippen molar-refractivity contribution in [2.75, 3.05) is 0 Å². The van der Waals surface area contributed by atoms with E-state index in [-0.39, 0.29) is 0 Å². The maximum Gasteiger partial charge on any atom is 0.121 e. The quantitative estimate of drug-likeness (QED) is 0.701. The lowest BCUT2D eigenvalue weighted by atomic mass is 10.2. The Balaban J connectivity index is 1.80. The molecule has 0 fully saturated rings. The highest BCUT2D eigenvalue weighted by atomic mass is 16.5. The van der Waals surface area contributed by atoms with Crippen LogP contribution in [0.2, 0.25) is 0 Å². The summed E-state index contributed by atoms with van der Waals surface area (Å²) in [6.45, 7) is 0.587. The summed E-state index contributed by atoms with van der Waals surface area (Å²) < 4.78 is 7.64. The van der Waals surface area contributed by atoms with Gasteiger partial charge >= 0.3 is 0 Å². The van der Waals surface area contributed by atoms with E-state index in [1.807, 2.05) is 54.3 Å². The van der Waals surface area contributed by atoms with Gasteiger partial charge in [0.05, 0.1) is 11.7 Å². The van der Waals surface area contributed by atoms with Crippen molar-refractivity contribution in [3.63, 3.8) is 0 Å². The molecule has 0 bridgehead atoms. The highest BCUT2D eigenvalue weighted by Gasteiger charge is 2.02. The van der Waals surface area contributed by atoms with E-state index in [1.165, 1.54) is 5.56 Å². The van der Waals surface area contributed by atoms with Crippen LogP contribution in [-0.4, -0.2) is 9.78 Å². The third-order valence-electron chi connectivity index (χ3n) is 2.97. The number of aryl methyl sites for hydroxylation is 1. The summed E-state index contributed by atoms with van der Waals surface area (Å²) in [5, 5.41) is 5.35. The van der Waals surface area contributed by atoms with Crippen LogP contribution in [0.15, 0.2) is 54.7 Å². The Bertz CT molecular complexity index is 659. The number of nitrogens with zero attached hydrogens (tertiary/aromatic N) is 2. The van der Waals surface area contributed by atoms with Crippen LogP contribution in [0, 0.1) is 0 Å². The highest BCUT2D eigenvalue weighted by molar-refractivity contribution is 5.79. The fourth-order valence-corrected chi connectivity index (χ4v) is 1.95. The maximum atomic E-state index is 5.78. The van der Waals surface area contributed by atoms with Gasteiger partial charge in [0.15, 0.2) is 0 Å². The molecule has 0 saturated carbocycles. The van der Waals surface area contributed by atoms with Crippen molar-refractivity contribution in [2.45, 2.75) is 6.61 Å². The summed E-state index contributed by atoms with van der Waals surface area (Å²) in [5.74, 6) is 0.870. The molecule has 0 aliphatic carbocycles. The van der Waals surface area contributed by atoms with E-state index in [0.717, 1.165) is 16.7 Å². The molecule has 18 heavy (non-hydrogen) atoms. The van der Waals surface area contributed by atoms with Gasteiger partial charge in [-0.25, -0.2) is 0 Å². The molecule has 3 nitrogen and oxygen atoms in total. The zero-order valence-electron chi connectivity index (χ0n) is 10.2. The molecule has 0 aliphatic heterocycles. The lowest BCUT2D eigenvalue weighted by molar-refractivity contribution is 0.306. The normalized spacial score (nSPS) is 10.7. The van der Waals surface area contributed by atoms with Gasteiger partial charge in [0.1, 0.15) is 12.4 Å². The molecule has 2 aromatic carbocycles. The lowest BCUT2D eigenvalue weighted by Gasteiger charge is -2.06. The van der Waals surface area contributed by atoms with Gasteiger partial charge in [-0.05, 0) is 17.7 Å². The molecule has 0 aliphatic rings. The Morgan fingerprint density at radius 1 is 1.11 bits per heavy atom. The predicted octanol–water partition coefficient (Wildman–Crippen LogP) is 3.15. The van der Waals surface area contributed by atoms with E-state index in [4.69, 9.17) is 4.74 Å². The molecular weight excluding hydrogens is 224 g/mol. The lowest BCUT2D eigenvalue weighted by Crippen LogP contribution is -1.95. The number of aromatic nitrogens is 2.